The first-order chi connectivity index (χ1) is 19.9. The van der Waals surface area contributed by atoms with Crippen molar-refractivity contribution in [1.82, 2.24) is 29.5 Å². The fourth-order valence-corrected chi connectivity index (χ4v) is 6.54. The predicted molar refractivity (Wildman–Crippen MR) is 165 cm³/mol. The maximum Gasteiger partial charge on any atom is 0.233 e. The van der Waals surface area contributed by atoms with Crippen LogP contribution in [0.2, 0.25) is 5.02 Å². The fourth-order valence-electron chi connectivity index (χ4n) is 5.64. The van der Waals surface area contributed by atoms with Gasteiger partial charge in [0.15, 0.2) is 5.65 Å². The summed E-state index contributed by atoms with van der Waals surface area (Å²) in [5.74, 6) is 0.548. The van der Waals surface area contributed by atoms with Gasteiger partial charge >= 0.3 is 0 Å². The summed E-state index contributed by atoms with van der Waals surface area (Å²) >= 11 is 7.55. The van der Waals surface area contributed by atoms with E-state index < -0.39 is 0 Å². The first kappa shape index (κ1) is 29.3. The number of carbonyl (C=O) groups is 2. The Hall–Kier alpha value is -3.17. The van der Waals surface area contributed by atoms with Gasteiger partial charge in [0.2, 0.25) is 17.0 Å². The van der Waals surface area contributed by atoms with Crippen molar-refractivity contribution < 1.29 is 9.59 Å². The molecule has 2 atom stereocenters. The molecule has 2 unspecified atom stereocenters. The van der Waals surface area contributed by atoms with E-state index in [2.05, 4.69) is 34.7 Å². The molecule has 0 N–H and O–H groups in total. The van der Waals surface area contributed by atoms with E-state index >= 15 is 0 Å². The van der Waals surface area contributed by atoms with Crippen LogP contribution in [-0.4, -0.2) is 72.8 Å². The van der Waals surface area contributed by atoms with E-state index in [0.29, 0.717) is 36.4 Å². The van der Waals surface area contributed by atoms with Crippen LogP contribution < -0.4 is 0 Å². The van der Waals surface area contributed by atoms with Gasteiger partial charge in [-0.05, 0) is 43.5 Å². The highest BCUT2D eigenvalue weighted by molar-refractivity contribution is 7.99. The zero-order valence-corrected chi connectivity index (χ0v) is 25.5. The van der Waals surface area contributed by atoms with Gasteiger partial charge in [0.1, 0.15) is 5.52 Å². The molecule has 10 heteroatoms. The Balaban J connectivity index is 1.27. The lowest BCUT2D eigenvalue weighted by Crippen LogP contribution is -2.56. The minimum Gasteiger partial charge on any atom is -0.338 e. The number of benzene rings is 2. The Labute approximate surface area is 250 Å². The molecule has 4 aromatic rings. The van der Waals surface area contributed by atoms with Crippen molar-refractivity contribution in [3.8, 4) is 0 Å². The number of amides is 2. The number of hydrogen-bond acceptors (Lipinski definition) is 6. The molecule has 1 fully saturated rings. The lowest BCUT2D eigenvalue weighted by atomic mass is 9.96. The largest absolute Gasteiger partial charge is 0.338 e. The Morgan fingerprint density at radius 3 is 2.68 bits per heavy atom. The quantitative estimate of drug-likeness (QED) is 0.208. The van der Waals surface area contributed by atoms with Crippen LogP contribution in [0.3, 0.4) is 0 Å². The summed E-state index contributed by atoms with van der Waals surface area (Å²) in [4.78, 5) is 35.0. The van der Waals surface area contributed by atoms with E-state index in [4.69, 9.17) is 16.6 Å². The first-order valence-corrected chi connectivity index (χ1v) is 15.8. The molecular formula is C31H37ClN6O2S. The third kappa shape index (κ3) is 6.51. The number of thioether (sulfide) groups is 1. The highest BCUT2D eigenvalue weighted by Crippen LogP contribution is 2.29. The van der Waals surface area contributed by atoms with E-state index in [0.717, 1.165) is 53.3 Å². The zero-order valence-electron chi connectivity index (χ0n) is 23.9. The molecule has 216 valence electrons. The minimum atomic E-state index is -0.00246. The normalized spacial score (nSPS) is 16.4. The number of para-hydroxylation sites is 1. The number of rotatable bonds is 10. The third-order valence-electron chi connectivity index (χ3n) is 7.92. The first-order valence-electron chi connectivity index (χ1n) is 14.5. The molecule has 41 heavy (non-hydrogen) atoms. The third-order valence-corrected chi connectivity index (χ3v) is 8.98. The van der Waals surface area contributed by atoms with E-state index in [9.17, 15) is 9.59 Å². The molecule has 0 radical (unpaired) electrons. The summed E-state index contributed by atoms with van der Waals surface area (Å²) in [5, 5.41) is 11.0. The monoisotopic (exact) mass is 592 g/mol. The summed E-state index contributed by atoms with van der Waals surface area (Å²) in [5.41, 5.74) is 3.54. The van der Waals surface area contributed by atoms with Crippen molar-refractivity contribution >= 4 is 57.2 Å². The molecule has 0 saturated carbocycles. The van der Waals surface area contributed by atoms with Crippen molar-refractivity contribution in [2.75, 3.05) is 25.4 Å². The molecule has 2 aromatic heterocycles. The van der Waals surface area contributed by atoms with Gasteiger partial charge in [-0.15, -0.1) is 10.2 Å². The van der Waals surface area contributed by atoms with Crippen LogP contribution in [-0.2, 0) is 16.1 Å². The average molecular weight is 593 g/mol. The minimum absolute atomic E-state index is 0.00246. The fraction of sp³-hybridized carbons (Fsp3) is 0.452. The summed E-state index contributed by atoms with van der Waals surface area (Å²) in [6.07, 6.45) is 3.95. The summed E-state index contributed by atoms with van der Waals surface area (Å²) < 4.78 is 2.12. The van der Waals surface area contributed by atoms with Crippen molar-refractivity contribution in [1.29, 1.82) is 0 Å². The molecule has 5 rings (SSSR count). The van der Waals surface area contributed by atoms with Crippen molar-refractivity contribution in [2.45, 2.75) is 64.2 Å². The number of nitrogens with zero attached hydrogens (tertiary/aromatic N) is 6. The lowest BCUT2D eigenvalue weighted by molar-refractivity contribution is -0.144. The summed E-state index contributed by atoms with van der Waals surface area (Å²) in [6, 6.07) is 15.9. The highest BCUT2D eigenvalue weighted by Gasteiger charge is 2.32. The van der Waals surface area contributed by atoms with Crippen molar-refractivity contribution in [3.63, 3.8) is 0 Å². The van der Waals surface area contributed by atoms with Crippen LogP contribution in [0.15, 0.2) is 53.7 Å². The standard InChI is InChI=1S/C31H37ClN6O2S/c1-4-6-11-23(5-2)30(40)37-16-15-36(18-21(37)3)27(39)20-41-31-33-29-28(34-35-31)25-13-7-8-14-26(25)38(29)19-22-10-9-12-24(32)17-22/h7-10,12-14,17,21,23H,4-6,11,15-16,18-20H2,1-3H3. The van der Waals surface area contributed by atoms with Crippen LogP contribution in [0, 0.1) is 5.92 Å². The van der Waals surface area contributed by atoms with E-state index in [1.165, 1.54) is 11.8 Å². The van der Waals surface area contributed by atoms with Crippen molar-refractivity contribution in [2.24, 2.45) is 5.92 Å². The molecule has 3 heterocycles. The van der Waals surface area contributed by atoms with Gasteiger partial charge in [0.05, 0.1) is 11.3 Å². The molecular weight excluding hydrogens is 556 g/mol. The maximum absolute atomic E-state index is 13.2. The molecule has 0 aliphatic carbocycles. The van der Waals surface area contributed by atoms with Gasteiger partial charge in [-0.25, -0.2) is 4.98 Å². The highest BCUT2D eigenvalue weighted by atomic mass is 35.5. The number of piperazine rings is 1. The second-order valence-electron chi connectivity index (χ2n) is 10.8. The van der Waals surface area contributed by atoms with Crippen molar-refractivity contribution in [3.05, 3.63) is 59.1 Å². The molecule has 2 aromatic carbocycles. The Bertz CT molecular complexity index is 1540. The Kier molecular flexibility index (Phi) is 9.45. The van der Waals surface area contributed by atoms with Gasteiger partial charge in [-0.2, -0.15) is 0 Å². The predicted octanol–water partition coefficient (Wildman–Crippen LogP) is 6.05. The molecule has 1 aliphatic rings. The molecule has 0 spiro atoms. The number of aromatic nitrogens is 4. The number of halogens is 1. The van der Waals surface area contributed by atoms with Crippen LogP contribution >= 0.6 is 23.4 Å². The Morgan fingerprint density at radius 2 is 1.93 bits per heavy atom. The topological polar surface area (TPSA) is 84.2 Å². The molecule has 2 amide bonds. The van der Waals surface area contributed by atoms with Crippen LogP contribution in [0.5, 0.6) is 0 Å². The molecule has 1 saturated heterocycles. The lowest BCUT2D eigenvalue weighted by Gasteiger charge is -2.41. The molecule has 8 nitrogen and oxygen atoms in total. The van der Waals surface area contributed by atoms with Gasteiger partial charge in [-0.3, -0.25) is 9.59 Å². The average Bonchev–Trinajstić information content (AvgIpc) is 3.28. The zero-order chi connectivity index (χ0) is 28.9. The Morgan fingerprint density at radius 1 is 1.10 bits per heavy atom. The van der Waals surface area contributed by atoms with Gasteiger partial charge in [0.25, 0.3) is 0 Å². The van der Waals surface area contributed by atoms with E-state index in [-0.39, 0.29) is 29.5 Å². The molecule has 1 aliphatic heterocycles. The molecule has 0 bridgehead atoms. The summed E-state index contributed by atoms with van der Waals surface area (Å²) in [6.45, 7) is 8.54. The SMILES string of the molecule is CCCCC(CC)C(=O)N1CCN(C(=O)CSc2nnc3c4ccccc4n(Cc4cccc(Cl)c4)c3n2)CC1C. The number of hydrogen-bond donors (Lipinski definition) is 0. The van der Waals surface area contributed by atoms with Crippen LogP contribution in [0.4, 0.5) is 0 Å². The van der Waals surface area contributed by atoms with Gasteiger partial charge < -0.3 is 14.4 Å². The van der Waals surface area contributed by atoms with Gasteiger partial charge in [0, 0.05) is 48.5 Å². The second kappa shape index (κ2) is 13.2. The maximum atomic E-state index is 13.2. The van der Waals surface area contributed by atoms with Gasteiger partial charge in [-0.1, -0.05) is 80.4 Å². The number of carbonyl (C=O) groups excluding carboxylic acids is 2. The smallest absolute Gasteiger partial charge is 0.233 e. The number of fused-ring (bicyclic) bond motifs is 3. The summed E-state index contributed by atoms with van der Waals surface area (Å²) in [7, 11) is 0. The van der Waals surface area contributed by atoms with Crippen LogP contribution in [0.1, 0.15) is 52.0 Å². The van der Waals surface area contributed by atoms with E-state index in [1.807, 2.05) is 59.2 Å². The second-order valence-corrected chi connectivity index (χ2v) is 12.1. The van der Waals surface area contributed by atoms with E-state index in [1.54, 1.807) is 0 Å². The van der Waals surface area contributed by atoms with Crippen LogP contribution in [0.25, 0.3) is 22.1 Å². The number of unbranched alkanes of at least 4 members (excludes halogenated alkanes) is 1.